The summed E-state index contributed by atoms with van der Waals surface area (Å²) in [5.74, 6) is 1.03. The molecule has 1 aromatic rings. The number of rotatable bonds is 5. The number of carbonyl (C=O) groups excluding carboxylic acids is 1. The summed E-state index contributed by atoms with van der Waals surface area (Å²) in [6.07, 6.45) is 7.67. The van der Waals surface area contributed by atoms with Crippen LogP contribution in [0.2, 0.25) is 0 Å². The number of thioether (sulfide) groups is 1. The van der Waals surface area contributed by atoms with Crippen molar-refractivity contribution in [2.45, 2.75) is 37.4 Å². The molecule has 1 aliphatic carbocycles. The van der Waals surface area contributed by atoms with E-state index >= 15 is 0 Å². The molecule has 0 aliphatic heterocycles. The minimum Gasteiger partial charge on any atom is -0.298 e. The average molecular weight is 241 g/mol. The van der Waals surface area contributed by atoms with Crippen molar-refractivity contribution in [3.05, 3.63) is 16.6 Å². The van der Waals surface area contributed by atoms with E-state index in [1.165, 1.54) is 25.7 Å². The number of ketones is 1. The molecule has 0 radical (unpaired) electrons. The predicted octanol–water partition coefficient (Wildman–Crippen LogP) is 2.93. The summed E-state index contributed by atoms with van der Waals surface area (Å²) >= 11 is 3.42. The van der Waals surface area contributed by atoms with E-state index in [1.807, 2.05) is 11.8 Å². The first-order valence-electron chi connectivity index (χ1n) is 5.35. The van der Waals surface area contributed by atoms with Crippen molar-refractivity contribution in [1.29, 1.82) is 0 Å². The third-order valence-electron chi connectivity index (χ3n) is 2.64. The number of aromatic nitrogens is 1. The van der Waals surface area contributed by atoms with Gasteiger partial charge in [-0.15, -0.1) is 11.3 Å². The van der Waals surface area contributed by atoms with Crippen LogP contribution in [0, 0.1) is 0 Å². The second-order valence-corrected chi connectivity index (χ2v) is 6.16. The quantitative estimate of drug-likeness (QED) is 0.794. The zero-order chi connectivity index (χ0) is 10.5. The average Bonchev–Trinajstić information content (AvgIpc) is 2.86. The van der Waals surface area contributed by atoms with Crippen LogP contribution in [-0.2, 0) is 11.2 Å². The molecule has 0 spiro atoms. The molecule has 2 nitrogen and oxygen atoms in total. The fraction of sp³-hybridized carbons (Fsp3) is 0.636. The molecule has 1 aliphatic rings. The van der Waals surface area contributed by atoms with Gasteiger partial charge < -0.3 is 0 Å². The molecule has 1 saturated carbocycles. The molecule has 1 fully saturated rings. The summed E-state index contributed by atoms with van der Waals surface area (Å²) in [7, 11) is 0. The van der Waals surface area contributed by atoms with Gasteiger partial charge in [-0.05, 0) is 12.8 Å². The molecule has 0 N–H and O–H groups in total. The lowest BCUT2D eigenvalue weighted by atomic mass is 10.3. The van der Waals surface area contributed by atoms with E-state index in [4.69, 9.17) is 0 Å². The van der Waals surface area contributed by atoms with Gasteiger partial charge in [0.1, 0.15) is 5.78 Å². The third-order valence-corrected chi connectivity index (χ3v) is 4.85. The van der Waals surface area contributed by atoms with Crippen molar-refractivity contribution < 1.29 is 4.79 Å². The highest BCUT2D eigenvalue weighted by Crippen LogP contribution is 2.29. The molecule has 0 unspecified atom stereocenters. The maximum absolute atomic E-state index is 11.6. The van der Waals surface area contributed by atoms with Gasteiger partial charge in [0.25, 0.3) is 0 Å². The molecule has 15 heavy (non-hydrogen) atoms. The molecule has 0 saturated heterocycles. The van der Waals surface area contributed by atoms with Crippen LogP contribution in [-0.4, -0.2) is 21.8 Å². The Morgan fingerprint density at radius 1 is 1.53 bits per heavy atom. The Balaban J connectivity index is 1.68. The minimum atomic E-state index is 0.344. The van der Waals surface area contributed by atoms with Crippen molar-refractivity contribution in [2.75, 3.05) is 5.75 Å². The van der Waals surface area contributed by atoms with Crippen LogP contribution in [0.5, 0.6) is 0 Å². The van der Waals surface area contributed by atoms with Crippen molar-refractivity contribution in [2.24, 2.45) is 0 Å². The Morgan fingerprint density at radius 3 is 3.00 bits per heavy atom. The summed E-state index contributed by atoms with van der Waals surface area (Å²) < 4.78 is 0. The molecular weight excluding hydrogens is 226 g/mol. The highest BCUT2D eigenvalue weighted by Gasteiger charge is 2.16. The first-order chi connectivity index (χ1) is 7.34. The third kappa shape index (κ3) is 3.61. The van der Waals surface area contributed by atoms with Gasteiger partial charge in [-0.2, -0.15) is 11.8 Å². The Labute approximate surface area is 98.5 Å². The largest absolute Gasteiger partial charge is 0.298 e. The Kier molecular flexibility index (Phi) is 4.20. The first-order valence-corrected chi connectivity index (χ1v) is 7.28. The van der Waals surface area contributed by atoms with E-state index in [-0.39, 0.29) is 0 Å². The minimum absolute atomic E-state index is 0.344. The topological polar surface area (TPSA) is 30.0 Å². The second kappa shape index (κ2) is 5.66. The lowest BCUT2D eigenvalue weighted by Gasteiger charge is -2.06. The monoisotopic (exact) mass is 241 g/mol. The molecule has 0 bridgehead atoms. The lowest BCUT2D eigenvalue weighted by Crippen LogP contribution is -2.08. The smallest absolute Gasteiger partial charge is 0.147 e. The Bertz CT molecular complexity index is 304. The van der Waals surface area contributed by atoms with Gasteiger partial charge in [-0.1, -0.05) is 12.8 Å². The molecule has 4 heteroatoms. The summed E-state index contributed by atoms with van der Waals surface area (Å²) in [5.41, 5.74) is 1.78. The molecule has 0 aromatic carbocycles. The van der Waals surface area contributed by atoms with Crippen LogP contribution in [0.15, 0.2) is 11.7 Å². The number of hydrogen-bond acceptors (Lipinski definition) is 4. The number of carbonyl (C=O) groups is 1. The first kappa shape index (κ1) is 11.1. The number of Topliss-reactive ketones (excluding diaryl/α,β-unsaturated/α-hetero) is 1. The standard InChI is InChI=1S/C11H15NOS2/c13-9(5-11-6-12-8-15-11)7-14-10-3-1-2-4-10/h6,8,10H,1-5,7H2. The van der Waals surface area contributed by atoms with Gasteiger partial charge in [-0.25, -0.2) is 0 Å². The molecule has 1 heterocycles. The van der Waals surface area contributed by atoms with E-state index in [2.05, 4.69) is 4.98 Å². The second-order valence-electron chi connectivity index (χ2n) is 3.90. The number of nitrogens with zero attached hydrogens (tertiary/aromatic N) is 1. The van der Waals surface area contributed by atoms with Crippen molar-refractivity contribution in [3.8, 4) is 0 Å². The normalized spacial score (nSPS) is 17.1. The van der Waals surface area contributed by atoms with E-state index in [9.17, 15) is 4.79 Å². The summed E-state index contributed by atoms with van der Waals surface area (Å²) in [6, 6.07) is 0. The highest BCUT2D eigenvalue weighted by atomic mass is 32.2. The van der Waals surface area contributed by atoms with E-state index < -0.39 is 0 Å². The van der Waals surface area contributed by atoms with Gasteiger partial charge in [0.2, 0.25) is 0 Å². The highest BCUT2D eigenvalue weighted by molar-refractivity contribution is 8.00. The zero-order valence-corrected chi connectivity index (χ0v) is 10.3. The van der Waals surface area contributed by atoms with Crippen LogP contribution >= 0.6 is 23.1 Å². The van der Waals surface area contributed by atoms with Crippen molar-refractivity contribution in [1.82, 2.24) is 4.98 Å². The molecule has 2 rings (SSSR count). The van der Waals surface area contributed by atoms with Crippen LogP contribution in [0.1, 0.15) is 30.6 Å². The predicted molar refractivity (Wildman–Crippen MR) is 65.5 cm³/mol. The van der Waals surface area contributed by atoms with Crippen LogP contribution < -0.4 is 0 Å². The van der Waals surface area contributed by atoms with E-state index in [0.29, 0.717) is 18.0 Å². The van der Waals surface area contributed by atoms with Gasteiger partial charge in [0.05, 0.1) is 11.3 Å². The van der Waals surface area contributed by atoms with Crippen molar-refractivity contribution >= 4 is 28.9 Å². The number of thiazole rings is 1. The van der Waals surface area contributed by atoms with E-state index in [0.717, 1.165) is 10.1 Å². The molecule has 0 atom stereocenters. The molecule has 82 valence electrons. The summed E-state index contributed by atoms with van der Waals surface area (Å²) in [4.78, 5) is 16.7. The van der Waals surface area contributed by atoms with Gasteiger partial charge in [0, 0.05) is 22.7 Å². The fourth-order valence-electron chi connectivity index (χ4n) is 1.84. The Morgan fingerprint density at radius 2 is 2.33 bits per heavy atom. The van der Waals surface area contributed by atoms with Gasteiger partial charge in [0.15, 0.2) is 0 Å². The van der Waals surface area contributed by atoms with Crippen molar-refractivity contribution in [3.63, 3.8) is 0 Å². The van der Waals surface area contributed by atoms with Gasteiger partial charge >= 0.3 is 0 Å². The maximum Gasteiger partial charge on any atom is 0.147 e. The summed E-state index contributed by atoms with van der Waals surface area (Å²) in [6.45, 7) is 0. The summed E-state index contributed by atoms with van der Waals surface area (Å²) in [5, 5.41) is 0.746. The molecule has 0 amide bonds. The molecular formula is C11H15NOS2. The van der Waals surface area contributed by atoms with Crippen LogP contribution in [0.4, 0.5) is 0 Å². The zero-order valence-electron chi connectivity index (χ0n) is 8.65. The number of hydrogen-bond donors (Lipinski definition) is 0. The maximum atomic E-state index is 11.6. The van der Waals surface area contributed by atoms with Gasteiger partial charge in [-0.3, -0.25) is 9.78 Å². The molecule has 1 aromatic heterocycles. The van der Waals surface area contributed by atoms with Crippen LogP contribution in [0.25, 0.3) is 0 Å². The Hall–Kier alpha value is -0.350. The lowest BCUT2D eigenvalue weighted by molar-refractivity contribution is -0.115. The van der Waals surface area contributed by atoms with Crippen LogP contribution in [0.3, 0.4) is 0 Å². The SMILES string of the molecule is O=C(CSC1CCCC1)Cc1cncs1. The fourth-order valence-corrected chi connectivity index (χ4v) is 3.65. The van der Waals surface area contributed by atoms with E-state index in [1.54, 1.807) is 23.0 Å².